The number of carbonyl (C=O) groups excluding carboxylic acids is 1. The van der Waals surface area contributed by atoms with Gasteiger partial charge in [-0.1, -0.05) is 0 Å². The average Bonchev–Trinajstić information content (AvgIpc) is 2.41. The van der Waals surface area contributed by atoms with Crippen molar-refractivity contribution in [2.24, 2.45) is 0 Å². The highest BCUT2D eigenvalue weighted by molar-refractivity contribution is 9.10. The molecule has 1 aromatic rings. The van der Waals surface area contributed by atoms with Gasteiger partial charge in [0.15, 0.2) is 0 Å². The van der Waals surface area contributed by atoms with E-state index in [2.05, 4.69) is 22.9 Å². The molecule has 0 bridgehead atoms. The lowest BCUT2D eigenvalue weighted by molar-refractivity contribution is -0.107. The van der Waals surface area contributed by atoms with Crippen LogP contribution in [0, 0.1) is 6.92 Å². The van der Waals surface area contributed by atoms with Crippen molar-refractivity contribution in [1.82, 2.24) is 0 Å². The Morgan fingerprint density at radius 2 is 1.94 bits per heavy atom. The van der Waals surface area contributed by atoms with Crippen LogP contribution < -0.4 is 4.74 Å². The fraction of sp³-hybridized carbons (Fsp3) is 0.533. The van der Waals surface area contributed by atoms with E-state index in [4.69, 9.17) is 4.74 Å². The molecule has 0 amide bonds. The fourth-order valence-electron chi connectivity index (χ4n) is 2.90. The Hall–Kier alpha value is -0.830. The van der Waals surface area contributed by atoms with Gasteiger partial charge in [-0.05, 0) is 77.2 Å². The van der Waals surface area contributed by atoms with Crippen LogP contribution in [0.5, 0.6) is 5.75 Å². The number of halogens is 1. The Morgan fingerprint density at radius 1 is 1.28 bits per heavy atom. The summed E-state index contributed by atoms with van der Waals surface area (Å²) in [6.45, 7) is 2.17. The van der Waals surface area contributed by atoms with Crippen molar-refractivity contribution in [2.45, 2.75) is 45.4 Å². The van der Waals surface area contributed by atoms with E-state index in [1.807, 2.05) is 0 Å². The molecule has 0 spiro atoms. The van der Waals surface area contributed by atoms with Gasteiger partial charge in [0.25, 0.3) is 0 Å². The first kappa shape index (κ1) is 13.6. The van der Waals surface area contributed by atoms with Crippen molar-refractivity contribution in [3.8, 4) is 5.75 Å². The lowest BCUT2D eigenvalue weighted by Crippen LogP contribution is -2.10. The molecule has 0 atom stereocenters. The van der Waals surface area contributed by atoms with Crippen molar-refractivity contribution in [3.05, 3.63) is 26.7 Å². The van der Waals surface area contributed by atoms with Gasteiger partial charge in [-0.3, -0.25) is 0 Å². The van der Waals surface area contributed by atoms with Crippen molar-refractivity contribution in [2.75, 3.05) is 7.11 Å². The number of rotatable bonds is 4. The molecule has 0 radical (unpaired) electrons. The fourth-order valence-corrected chi connectivity index (χ4v) is 3.74. The lowest BCUT2D eigenvalue weighted by Gasteiger charge is -2.25. The molecular weight excluding hydrogens is 292 g/mol. The van der Waals surface area contributed by atoms with Crippen LogP contribution in [0.25, 0.3) is 0 Å². The van der Waals surface area contributed by atoms with Crippen molar-refractivity contribution >= 4 is 22.2 Å². The van der Waals surface area contributed by atoms with Crippen molar-refractivity contribution in [1.29, 1.82) is 0 Å². The summed E-state index contributed by atoms with van der Waals surface area (Å²) < 4.78 is 6.66. The number of aldehydes is 1. The second-order valence-corrected chi connectivity index (χ2v) is 5.61. The minimum Gasteiger partial charge on any atom is -0.495 e. The van der Waals surface area contributed by atoms with Gasteiger partial charge < -0.3 is 9.53 Å². The Morgan fingerprint density at radius 3 is 2.56 bits per heavy atom. The summed E-state index contributed by atoms with van der Waals surface area (Å²) in [6.07, 6.45) is 7.10. The molecule has 3 heteroatoms. The van der Waals surface area contributed by atoms with Crippen LogP contribution in [0.3, 0.4) is 0 Å². The van der Waals surface area contributed by atoms with Gasteiger partial charge in [-0.2, -0.15) is 0 Å². The summed E-state index contributed by atoms with van der Waals surface area (Å²) in [5.41, 5.74) is 5.39. The maximum absolute atomic E-state index is 10.6. The molecule has 18 heavy (non-hydrogen) atoms. The van der Waals surface area contributed by atoms with Crippen LogP contribution in [-0.4, -0.2) is 13.4 Å². The van der Waals surface area contributed by atoms with Crippen LogP contribution in [0.1, 0.15) is 41.5 Å². The molecule has 2 nitrogen and oxygen atoms in total. The summed E-state index contributed by atoms with van der Waals surface area (Å²) in [5.74, 6) is 0.926. The number of hydrogen-bond acceptors (Lipinski definition) is 2. The van der Waals surface area contributed by atoms with Crippen LogP contribution >= 0.6 is 15.9 Å². The number of fused-ring (bicyclic) bond motifs is 1. The molecule has 0 N–H and O–H groups in total. The zero-order valence-corrected chi connectivity index (χ0v) is 12.6. The van der Waals surface area contributed by atoms with Crippen LogP contribution in [0.15, 0.2) is 4.47 Å². The highest BCUT2D eigenvalue weighted by atomic mass is 79.9. The van der Waals surface area contributed by atoms with Gasteiger partial charge in [-0.25, -0.2) is 0 Å². The molecule has 98 valence electrons. The molecule has 1 aliphatic rings. The Labute approximate surface area is 117 Å². The van der Waals surface area contributed by atoms with Gasteiger partial charge in [0.05, 0.1) is 11.6 Å². The van der Waals surface area contributed by atoms with E-state index in [1.165, 1.54) is 35.1 Å². The quantitative estimate of drug-likeness (QED) is 0.791. The van der Waals surface area contributed by atoms with Crippen molar-refractivity contribution in [3.63, 3.8) is 0 Å². The first-order valence-electron chi connectivity index (χ1n) is 6.51. The number of methoxy groups -OCH3 is 1. The predicted octanol–water partition coefficient (Wildman–Crippen LogP) is 3.78. The summed E-state index contributed by atoms with van der Waals surface area (Å²) in [5, 5.41) is 0. The largest absolute Gasteiger partial charge is 0.495 e. The second-order valence-electron chi connectivity index (χ2n) is 4.82. The Balaban J connectivity index is 2.56. The molecule has 0 unspecified atom stereocenters. The molecule has 0 aliphatic heterocycles. The van der Waals surface area contributed by atoms with E-state index in [0.29, 0.717) is 6.42 Å². The third-order valence-electron chi connectivity index (χ3n) is 3.83. The summed E-state index contributed by atoms with van der Waals surface area (Å²) in [4.78, 5) is 10.6. The number of ether oxygens (including phenoxy) is 1. The number of benzene rings is 1. The number of carbonyl (C=O) groups is 1. The monoisotopic (exact) mass is 310 g/mol. The second kappa shape index (κ2) is 5.87. The molecule has 1 aromatic carbocycles. The highest BCUT2D eigenvalue weighted by Crippen LogP contribution is 2.41. The first-order chi connectivity index (χ1) is 8.70. The summed E-state index contributed by atoms with van der Waals surface area (Å²) in [6, 6.07) is 0. The third kappa shape index (κ3) is 2.33. The van der Waals surface area contributed by atoms with Crippen LogP contribution in [0.2, 0.25) is 0 Å². The number of hydrogen-bond donors (Lipinski definition) is 0. The SMILES string of the molecule is COc1c(Br)c2c(c(C)c1CCC=O)CCCC2. The van der Waals surface area contributed by atoms with Gasteiger partial charge >= 0.3 is 0 Å². The van der Waals surface area contributed by atoms with Gasteiger partial charge in [-0.15, -0.1) is 0 Å². The molecule has 2 rings (SSSR count). The Kier molecular flexibility index (Phi) is 4.44. The van der Waals surface area contributed by atoms with E-state index in [1.54, 1.807) is 7.11 Å². The topological polar surface area (TPSA) is 26.3 Å². The Bertz CT molecular complexity index is 466. The zero-order valence-electron chi connectivity index (χ0n) is 11.0. The minimum atomic E-state index is 0.558. The maximum atomic E-state index is 10.6. The van der Waals surface area contributed by atoms with E-state index in [9.17, 15) is 4.79 Å². The van der Waals surface area contributed by atoms with Crippen molar-refractivity contribution < 1.29 is 9.53 Å². The summed E-state index contributed by atoms with van der Waals surface area (Å²) >= 11 is 3.69. The molecule has 0 fully saturated rings. The normalized spacial score (nSPS) is 14.2. The van der Waals surface area contributed by atoms with Gasteiger partial charge in [0.2, 0.25) is 0 Å². The third-order valence-corrected chi connectivity index (χ3v) is 4.67. The molecule has 0 aromatic heterocycles. The molecule has 1 aliphatic carbocycles. The lowest BCUT2D eigenvalue weighted by atomic mass is 9.85. The smallest absolute Gasteiger partial charge is 0.136 e. The van der Waals surface area contributed by atoms with Gasteiger partial charge in [0.1, 0.15) is 12.0 Å². The van der Waals surface area contributed by atoms with E-state index < -0.39 is 0 Å². The minimum absolute atomic E-state index is 0.558. The van der Waals surface area contributed by atoms with Crippen LogP contribution in [-0.2, 0) is 24.1 Å². The first-order valence-corrected chi connectivity index (χ1v) is 7.30. The zero-order chi connectivity index (χ0) is 13.1. The van der Waals surface area contributed by atoms with E-state index in [-0.39, 0.29) is 0 Å². The predicted molar refractivity (Wildman–Crippen MR) is 76.5 cm³/mol. The molecule has 0 saturated heterocycles. The van der Waals surface area contributed by atoms with Crippen LogP contribution in [0.4, 0.5) is 0 Å². The van der Waals surface area contributed by atoms with Gasteiger partial charge in [0, 0.05) is 6.42 Å². The maximum Gasteiger partial charge on any atom is 0.136 e. The average molecular weight is 311 g/mol. The molecule has 0 heterocycles. The summed E-state index contributed by atoms with van der Waals surface area (Å²) in [7, 11) is 1.71. The van der Waals surface area contributed by atoms with E-state index in [0.717, 1.165) is 35.8 Å². The van der Waals surface area contributed by atoms with E-state index >= 15 is 0 Å². The molecule has 0 saturated carbocycles. The molecular formula is C15H19BrO2. The highest BCUT2D eigenvalue weighted by Gasteiger charge is 2.22. The standard InChI is InChI=1S/C15H19BrO2/c1-10-11-6-3-4-7-13(11)14(16)15(18-2)12(10)8-5-9-17/h9H,3-8H2,1-2H3.